The standard InChI is InChI=1S/C38H36ClN7O5S/c1-23-8-11-29(12-9-23)52(50,51)46-22-32(30-17-26(37(47)40-2)19-43-36(30)46)25-10-13-33-31(16-25)35(45-14-4-7-28(21-45)44-38(48)49)34(20-42-33)41-18-24-5-3-6-27(39)15-24/h3,5-6,8-13,15-17,19-20,22,28,41,44H,4,7,14,18,21H2,1-2H3,(H,40,47)(H,48,49)/t28-/m0/s1. The Morgan fingerprint density at radius 3 is 2.56 bits per heavy atom. The van der Waals surface area contributed by atoms with Crippen LogP contribution in [0, 0.1) is 6.92 Å². The Hall–Kier alpha value is -5.66. The molecule has 0 unspecified atom stereocenters. The molecule has 0 bridgehead atoms. The SMILES string of the molecule is CNC(=O)c1cnc2c(c1)c(-c1ccc3ncc(NCc4cccc(Cl)c4)c(N4CCC[C@H](NC(=O)O)C4)c3c1)cn2S(=O)(=O)c1ccc(C)cc1. The van der Waals surface area contributed by atoms with E-state index >= 15 is 0 Å². The summed E-state index contributed by atoms with van der Waals surface area (Å²) in [5, 5.41) is 20.2. The number of piperidine rings is 1. The minimum absolute atomic E-state index is 0.105. The number of pyridine rings is 2. The summed E-state index contributed by atoms with van der Waals surface area (Å²) in [5.74, 6) is -0.357. The van der Waals surface area contributed by atoms with Gasteiger partial charge in [-0.2, -0.15) is 0 Å². The van der Waals surface area contributed by atoms with Gasteiger partial charge in [-0.15, -0.1) is 0 Å². The molecular formula is C38H36ClN7O5S. The summed E-state index contributed by atoms with van der Waals surface area (Å²) in [6.45, 7) is 3.47. The van der Waals surface area contributed by atoms with Gasteiger partial charge in [-0.1, -0.05) is 47.5 Å². The molecule has 7 rings (SSSR count). The highest BCUT2D eigenvalue weighted by Gasteiger charge is 2.27. The second-order valence-electron chi connectivity index (χ2n) is 12.8. The van der Waals surface area contributed by atoms with E-state index in [1.54, 1.807) is 42.7 Å². The third-order valence-corrected chi connectivity index (χ3v) is 11.2. The van der Waals surface area contributed by atoms with Crippen LogP contribution in [0.5, 0.6) is 0 Å². The number of carbonyl (C=O) groups is 2. The second-order valence-corrected chi connectivity index (χ2v) is 15.1. The maximum absolute atomic E-state index is 14.1. The first kappa shape index (κ1) is 34.8. The van der Waals surface area contributed by atoms with Crippen LogP contribution in [0.4, 0.5) is 16.2 Å². The van der Waals surface area contributed by atoms with E-state index < -0.39 is 16.1 Å². The Bertz CT molecular complexity index is 2450. The number of carboxylic acid groups (broad SMARTS) is 1. The smallest absolute Gasteiger partial charge is 0.404 e. The highest BCUT2D eigenvalue weighted by atomic mass is 35.5. The van der Waals surface area contributed by atoms with Gasteiger partial charge >= 0.3 is 6.09 Å². The Morgan fingerprint density at radius 2 is 1.81 bits per heavy atom. The molecule has 266 valence electrons. The van der Waals surface area contributed by atoms with Crippen molar-refractivity contribution in [2.45, 2.75) is 37.2 Å². The lowest BCUT2D eigenvalue weighted by molar-refractivity contribution is 0.0962. The highest BCUT2D eigenvalue weighted by molar-refractivity contribution is 7.90. The zero-order chi connectivity index (χ0) is 36.6. The fourth-order valence-electron chi connectivity index (χ4n) is 6.72. The molecular weight excluding hydrogens is 702 g/mol. The van der Waals surface area contributed by atoms with Crippen LogP contribution in [-0.2, 0) is 16.6 Å². The highest BCUT2D eigenvalue weighted by Crippen LogP contribution is 2.40. The fraction of sp³-hybridized carbons (Fsp3) is 0.211. The number of hydrogen-bond acceptors (Lipinski definition) is 8. The Morgan fingerprint density at radius 1 is 1.00 bits per heavy atom. The molecule has 6 aromatic rings. The molecule has 3 aromatic heterocycles. The van der Waals surface area contributed by atoms with E-state index in [0.717, 1.165) is 38.3 Å². The van der Waals surface area contributed by atoms with Crippen molar-refractivity contribution in [3.05, 3.63) is 113 Å². The number of aryl methyl sites for hydroxylation is 1. The van der Waals surface area contributed by atoms with Crippen molar-refractivity contribution in [2.24, 2.45) is 0 Å². The van der Waals surface area contributed by atoms with Crippen LogP contribution in [0.1, 0.15) is 34.3 Å². The molecule has 0 spiro atoms. The van der Waals surface area contributed by atoms with Gasteiger partial charge in [-0.25, -0.2) is 22.2 Å². The van der Waals surface area contributed by atoms with E-state index in [-0.39, 0.29) is 28.1 Å². The molecule has 14 heteroatoms. The number of rotatable bonds is 9. The quantitative estimate of drug-likeness (QED) is 0.127. The third-order valence-electron chi connectivity index (χ3n) is 9.27. The number of nitrogens with zero attached hydrogens (tertiary/aromatic N) is 4. The molecule has 1 saturated heterocycles. The number of nitrogens with one attached hydrogen (secondary N) is 3. The molecule has 0 saturated carbocycles. The topological polar surface area (TPSA) is 159 Å². The predicted molar refractivity (Wildman–Crippen MR) is 203 cm³/mol. The first-order valence-electron chi connectivity index (χ1n) is 16.7. The molecule has 0 radical (unpaired) electrons. The summed E-state index contributed by atoms with van der Waals surface area (Å²) >= 11 is 6.27. The zero-order valence-electron chi connectivity index (χ0n) is 28.4. The average molecular weight is 738 g/mol. The largest absolute Gasteiger partial charge is 0.465 e. The van der Waals surface area contributed by atoms with E-state index in [9.17, 15) is 23.1 Å². The van der Waals surface area contributed by atoms with Crippen molar-refractivity contribution >= 4 is 66.9 Å². The molecule has 4 heterocycles. The summed E-state index contributed by atoms with van der Waals surface area (Å²) in [7, 11) is -2.56. The minimum Gasteiger partial charge on any atom is -0.465 e. The molecule has 1 atom stereocenters. The van der Waals surface area contributed by atoms with Crippen LogP contribution in [0.15, 0.2) is 96.3 Å². The average Bonchev–Trinajstić information content (AvgIpc) is 3.53. The van der Waals surface area contributed by atoms with Gasteiger partial charge in [0, 0.05) is 66.5 Å². The van der Waals surface area contributed by atoms with E-state index in [1.807, 2.05) is 49.4 Å². The summed E-state index contributed by atoms with van der Waals surface area (Å²) in [4.78, 5) is 35.9. The molecule has 12 nitrogen and oxygen atoms in total. The second kappa shape index (κ2) is 14.2. The van der Waals surface area contributed by atoms with Crippen LogP contribution >= 0.6 is 11.6 Å². The summed E-state index contributed by atoms with van der Waals surface area (Å²) in [5.41, 5.74) is 5.86. The summed E-state index contributed by atoms with van der Waals surface area (Å²) in [6.07, 6.45) is 5.08. The maximum Gasteiger partial charge on any atom is 0.404 e. The summed E-state index contributed by atoms with van der Waals surface area (Å²) in [6, 6.07) is 21.2. The lowest BCUT2D eigenvalue weighted by Crippen LogP contribution is -2.47. The Kier molecular flexibility index (Phi) is 9.47. The van der Waals surface area contributed by atoms with E-state index in [4.69, 9.17) is 16.6 Å². The van der Waals surface area contributed by atoms with Gasteiger partial charge in [0.15, 0.2) is 5.65 Å². The van der Waals surface area contributed by atoms with Crippen LogP contribution in [-0.4, -0.2) is 65.6 Å². The molecule has 1 aliphatic heterocycles. The molecule has 1 aliphatic rings. The van der Waals surface area contributed by atoms with Crippen molar-refractivity contribution in [3.8, 4) is 11.1 Å². The van der Waals surface area contributed by atoms with Gasteiger partial charge in [0.2, 0.25) is 0 Å². The van der Waals surface area contributed by atoms with Gasteiger partial charge in [0.1, 0.15) is 0 Å². The van der Waals surface area contributed by atoms with Crippen molar-refractivity contribution in [1.29, 1.82) is 0 Å². The molecule has 3 aromatic carbocycles. The predicted octanol–water partition coefficient (Wildman–Crippen LogP) is 6.66. The monoisotopic (exact) mass is 737 g/mol. The maximum atomic E-state index is 14.1. The lowest BCUT2D eigenvalue weighted by atomic mass is 9.99. The van der Waals surface area contributed by atoms with Crippen LogP contribution in [0.2, 0.25) is 5.02 Å². The van der Waals surface area contributed by atoms with Gasteiger partial charge < -0.3 is 26.0 Å². The van der Waals surface area contributed by atoms with E-state index in [2.05, 4.69) is 25.8 Å². The van der Waals surface area contributed by atoms with Crippen LogP contribution < -0.4 is 20.9 Å². The molecule has 52 heavy (non-hydrogen) atoms. The number of aromatic nitrogens is 3. The summed E-state index contributed by atoms with van der Waals surface area (Å²) < 4.78 is 29.3. The fourth-order valence-corrected chi connectivity index (χ4v) is 8.26. The number of fused-ring (bicyclic) bond motifs is 2. The Labute approximate surface area is 305 Å². The van der Waals surface area contributed by atoms with E-state index in [1.165, 1.54) is 13.2 Å². The van der Waals surface area contributed by atoms with Gasteiger partial charge in [-0.3, -0.25) is 9.78 Å². The molecule has 2 amide bonds. The number of amides is 2. The van der Waals surface area contributed by atoms with Crippen molar-refractivity contribution in [3.63, 3.8) is 0 Å². The van der Waals surface area contributed by atoms with Gasteiger partial charge in [-0.05, 0) is 73.4 Å². The first-order valence-corrected chi connectivity index (χ1v) is 18.5. The normalized spacial score (nSPS) is 14.8. The Balaban J connectivity index is 1.41. The number of hydrogen-bond donors (Lipinski definition) is 4. The molecule has 1 fully saturated rings. The lowest BCUT2D eigenvalue weighted by Gasteiger charge is -2.36. The van der Waals surface area contributed by atoms with Crippen LogP contribution in [0.3, 0.4) is 0 Å². The minimum atomic E-state index is -4.08. The van der Waals surface area contributed by atoms with Crippen molar-refractivity contribution in [1.82, 2.24) is 24.6 Å². The number of carbonyl (C=O) groups excluding carboxylic acids is 1. The van der Waals surface area contributed by atoms with Crippen LogP contribution in [0.25, 0.3) is 33.1 Å². The first-order chi connectivity index (χ1) is 25.0. The van der Waals surface area contributed by atoms with E-state index in [0.29, 0.717) is 53.1 Å². The molecule has 4 N–H and O–H groups in total. The van der Waals surface area contributed by atoms with Gasteiger partial charge in [0.05, 0.1) is 33.5 Å². The number of benzene rings is 3. The molecule has 0 aliphatic carbocycles. The van der Waals surface area contributed by atoms with Gasteiger partial charge in [0.25, 0.3) is 15.9 Å². The van der Waals surface area contributed by atoms with Crippen molar-refractivity contribution < 1.29 is 23.1 Å². The van der Waals surface area contributed by atoms with Crippen molar-refractivity contribution in [2.75, 3.05) is 30.4 Å². The number of anilines is 2. The zero-order valence-corrected chi connectivity index (χ0v) is 30.0. The third kappa shape index (κ3) is 6.84. The number of halogens is 1.